The fourth-order valence-electron chi connectivity index (χ4n) is 5.39. The average molecular weight is 529 g/mol. The first-order valence-electron chi connectivity index (χ1n) is 12.9. The maximum Gasteiger partial charge on any atom is 0.355 e. The van der Waals surface area contributed by atoms with E-state index in [2.05, 4.69) is 11.4 Å². The lowest BCUT2D eigenvalue weighted by Gasteiger charge is -2.36. The summed E-state index contributed by atoms with van der Waals surface area (Å²) in [7, 11) is 2.40. The minimum atomic E-state index is -0.966. The van der Waals surface area contributed by atoms with Crippen LogP contribution < -0.4 is 16.0 Å². The molecule has 1 aliphatic carbocycles. The van der Waals surface area contributed by atoms with E-state index in [0.29, 0.717) is 22.4 Å². The molecule has 0 bridgehead atoms. The molecular formula is C30H32N4O5. The summed E-state index contributed by atoms with van der Waals surface area (Å²) in [5, 5.41) is 13.4. The predicted octanol–water partition coefficient (Wildman–Crippen LogP) is 3.96. The van der Waals surface area contributed by atoms with Crippen LogP contribution in [0.4, 0.5) is 5.69 Å². The number of amides is 1. The number of hydrogen-bond acceptors (Lipinski definition) is 8. The number of benzene rings is 2. The van der Waals surface area contributed by atoms with Crippen LogP contribution in [0, 0.1) is 18.3 Å². The Balaban J connectivity index is 1.92. The SMILES string of the molecule is COC(=O)C1=C(C(=O)OC)N(c2cccc(C(=O)NC3CCCCC3)c2C)C(N)=C(C#N)C1c1ccccc1. The molecule has 4 rings (SSSR count). The number of allylic oxidation sites excluding steroid dienone is 1. The van der Waals surface area contributed by atoms with Crippen LogP contribution in [0.1, 0.15) is 59.5 Å². The zero-order valence-corrected chi connectivity index (χ0v) is 22.3. The number of hydrogen-bond donors (Lipinski definition) is 2. The Kier molecular flexibility index (Phi) is 8.35. The number of esters is 2. The monoisotopic (exact) mass is 528 g/mol. The smallest absolute Gasteiger partial charge is 0.355 e. The zero-order chi connectivity index (χ0) is 28.1. The van der Waals surface area contributed by atoms with Crippen molar-refractivity contribution in [3.8, 4) is 6.07 Å². The summed E-state index contributed by atoms with van der Waals surface area (Å²) in [4.78, 5) is 41.2. The summed E-state index contributed by atoms with van der Waals surface area (Å²) < 4.78 is 10.2. The van der Waals surface area contributed by atoms with Gasteiger partial charge in [0.2, 0.25) is 0 Å². The van der Waals surface area contributed by atoms with Crippen molar-refractivity contribution >= 4 is 23.5 Å². The molecule has 1 unspecified atom stereocenters. The van der Waals surface area contributed by atoms with Gasteiger partial charge < -0.3 is 20.5 Å². The van der Waals surface area contributed by atoms with E-state index < -0.39 is 17.9 Å². The first kappa shape index (κ1) is 27.5. The highest BCUT2D eigenvalue weighted by atomic mass is 16.5. The highest BCUT2D eigenvalue weighted by molar-refractivity contribution is 6.07. The Hall–Kier alpha value is -4.58. The van der Waals surface area contributed by atoms with Gasteiger partial charge in [-0.05, 0) is 43.0 Å². The van der Waals surface area contributed by atoms with Gasteiger partial charge in [-0.15, -0.1) is 0 Å². The van der Waals surface area contributed by atoms with Gasteiger partial charge in [0.15, 0.2) is 0 Å². The van der Waals surface area contributed by atoms with Crippen molar-refractivity contribution in [3.05, 3.63) is 87.9 Å². The van der Waals surface area contributed by atoms with E-state index in [1.807, 2.05) is 0 Å². The van der Waals surface area contributed by atoms with Gasteiger partial charge in [0.1, 0.15) is 11.5 Å². The number of nitriles is 1. The third kappa shape index (κ3) is 5.23. The molecule has 1 fully saturated rings. The molecule has 1 amide bonds. The second-order valence-electron chi connectivity index (χ2n) is 9.59. The first-order chi connectivity index (χ1) is 18.8. The van der Waals surface area contributed by atoms with Gasteiger partial charge in [-0.25, -0.2) is 9.59 Å². The molecule has 0 aromatic heterocycles. The third-order valence-electron chi connectivity index (χ3n) is 7.34. The van der Waals surface area contributed by atoms with Crippen LogP contribution in [-0.2, 0) is 19.1 Å². The molecule has 2 aromatic rings. The standard InChI is InChI=1S/C30H32N4O5/c1-18-21(28(35)33-20-13-8-5-9-14-20)15-10-16-23(18)34-26(30(37)39-3)25(29(36)38-2)24(22(17-31)27(34)32)19-11-6-4-7-12-19/h4,6-7,10-12,15-16,20,24H,5,8-9,13-14,32H2,1-3H3,(H,33,35). The molecule has 1 heterocycles. The van der Waals surface area contributed by atoms with Gasteiger partial charge in [-0.3, -0.25) is 9.69 Å². The lowest BCUT2D eigenvalue weighted by Crippen LogP contribution is -2.41. The topological polar surface area (TPSA) is 135 Å². The fraction of sp³-hybridized carbons (Fsp3) is 0.333. The Morgan fingerprint density at radius 1 is 0.974 bits per heavy atom. The number of nitrogens with one attached hydrogen (secondary N) is 1. The maximum atomic E-state index is 13.3. The highest BCUT2D eigenvalue weighted by Gasteiger charge is 2.43. The number of carbonyl (C=O) groups excluding carboxylic acids is 3. The molecule has 0 spiro atoms. The molecule has 1 saturated carbocycles. The molecule has 9 nitrogen and oxygen atoms in total. The van der Waals surface area contributed by atoms with E-state index in [1.54, 1.807) is 55.5 Å². The van der Waals surface area contributed by atoms with Crippen molar-refractivity contribution in [1.82, 2.24) is 5.32 Å². The van der Waals surface area contributed by atoms with Crippen molar-refractivity contribution in [3.63, 3.8) is 0 Å². The summed E-state index contributed by atoms with van der Waals surface area (Å²) in [5.41, 5.74) is 8.28. The van der Waals surface area contributed by atoms with E-state index in [1.165, 1.54) is 19.1 Å². The third-order valence-corrected chi connectivity index (χ3v) is 7.34. The van der Waals surface area contributed by atoms with E-state index in [4.69, 9.17) is 15.2 Å². The van der Waals surface area contributed by atoms with Gasteiger partial charge in [-0.2, -0.15) is 5.26 Å². The molecule has 2 aliphatic rings. The van der Waals surface area contributed by atoms with Crippen LogP contribution in [0.15, 0.2) is 71.2 Å². The average Bonchev–Trinajstić information content (AvgIpc) is 2.97. The number of rotatable bonds is 6. The maximum absolute atomic E-state index is 13.3. The summed E-state index contributed by atoms with van der Waals surface area (Å²) in [6.45, 7) is 1.74. The lowest BCUT2D eigenvalue weighted by atomic mass is 9.80. The minimum Gasteiger partial charge on any atom is -0.466 e. The van der Waals surface area contributed by atoms with Crippen LogP contribution in [0.5, 0.6) is 0 Å². The van der Waals surface area contributed by atoms with Crippen LogP contribution in [0.25, 0.3) is 0 Å². The van der Waals surface area contributed by atoms with Gasteiger partial charge in [0, 0.05) is 11.6 Å². The van der Waals surface area contributed by atoms with Gasteiger partial charge in [-0.1, -0.05) is 55.7 Å². The predicted molar refractivity (Wildman–Crippen MR) is 145 cm³/mol. The quantitative estimate of drug-likeness (QED) is 0.538. The molecule has 2 aromatic carbocycles. The first-order valence-corrected chi connectivity index (χ1v) is 12.9. The van der Waals surface area contributed by atoms with Gasteiger partial charge in [0.25, 0.3) is 5.91 Å². The Bertz CT molecular complexity index is 1380. The Morgan fingerprint density at radius 2 is 1.64 bits per heavy atom. The lowest BCUT2D eigenvalue weighted by molar-refractivity contribution is -0.139. The molecule has 1 aliphatic heterocycles. The molecular weight excluding hydrogens is 496 g/mol. The number of methoxy groups -OCH3 is 2. The van der Waals surface area contributed by atoms with Crippen molar-refractivity contribution in [2.45, 2.75) is 51.0 Å². The summed E-state index contributed by atoms with van der Waals surface area (Å²) in [6.07, 6.45) is 5.16. The van der Waals surface area contributed by atoms with E-state index >= 15 is 0 Å². The largest absolute Gasteiger partial charge is 0.466 e. The normalized spacial score (nSPS) is 17.9. The highest BCUT2D eigenvalue weighted by Crippen LogP contribution is 2.44. The summed E-state index contributed by atoms with van der Waals surface area (Å²) in [5.74, 6) is -2.90. The Labute approximate surface area is 227 Å². The van der Waals surface area contributed by atoms with Gasteiger partial charge in [0.05, 0.1) is 43.0 Å². The van der Waals surface area contributed by atoms with Crippen LogP contribution in [-0.4, -0.2) is 38.1 Å². The van der Waals surface area contributed by atoms with Gasteiger partial charge >= 0.3 is 11.9 Å². The molecule has 1 atom stereocenters. The molecule has 39 heavy (non-hydrogen) atoms. The van der Waals surface area contributed by atoms with Crippen molar-refractivity contribution in [2.24, 2.45) is 5.73 Å². The number of nitrogens with zero attached hydrogens (tertiary/aromatic N) is 2. The number of carbonyl (C=O) groups is 3. The fourth-order valence-corrected chi connectivity index (χ4v) is 5.39. The second kappa shape index (κ2) is 11.9. The molecule has 0 radical (unpaired) electrons. The number of nitrogens with two attached hydrogens (primary N) is 1. The summed E-state index contributed by atoms with van der Waals surface area (Å²) in [6, 6.07) is 16.1. The Morgan fingerprint density at radius 3 is 2.26 bits per heavy atom. The van der Waals surface area contributed by atoms with Crippen LogP contribution >= 0.6 is 0 Å². The summed E-state index contributed by atoms with van der Waals surface area (Å²) >= 11 is 0. The second-order valence-corrected chi connectivity index (χ2v) is 9.59. The van der Waals surface area contributed by atoms with E-state index in [-0.39, 0.29) is 34.6 Å². The van der Waals surface area contributed by atoms with Crippen molar-refractivity contribution in [2.75, 3.05) is 19.1 Å². The number of ether oxygens (including phenoxy) is 2. The molecule has 202 valence electrons. The molecule has 3 N–H and O–H groups in total. The van der Waals surface area contributed by atoms with Crippen LogP contribution in [0.2, 0.25) is 0 Å². The molecule has 0 saturated heterocycles. The van der Waals surface area contributed by atoms with Crippen molar-refractivity contribution < 1.29 is 23.9 Å². The molecule has 9 heteroatoms. The van der Waals surface area contributed by atoms with Crippen molar-refractivity contribution in [1.29, 1.82) is 5.26 Å². The van der Waals surface area contributed by atoms with E-state index in [0.717, 1.165) is 32.1 Å². The van der Waals surface area contributed by atoms with E-state index in [9.17, 15) is 19.6 Å². The minimum absolute atomic E-state index is 0.0488. The number of anilines is 1. The zero-order valence-electron chi connectivity index (χ0n) is 22.3. The van der Waals surface area contributed by atoms with Crippen LogP contribution in [0.3, 0.4) is 0 Å².